The van der Waals surface area contributed by atoms with Gasteiger partial charge in [0, 0.05) is 35.2 Å². The predicted octanol–water partition coefficient (Wildman–Crippen LogP) is 3.63. The fraction of sp³-hybridized carbons (Fsp3) is 0.500. The summed E-state index contributed by atoms with van der Waals surface area (Å²) >= 11 is 3.54. The van der Waals surface area contributed by atoms with Gasteiger partial charge in [-0.2, -0.15) is 5.10 Å². The van der Waals surface area contributed by atoms with E-state index in [9.17, 15) is 9.59 Å². The summed E-state index contributed by atoms with van der Waals surface area (Å²) in [7, 11) is 0. The van der Waals surface area contributed by atoms with Crippen LogP contribution in [0.15, 0.2) is 28.7 Å². The van der Waals surface area contributed by atoms with E-state index in [0.717, 1.165) is 67.2 Å². The van der Waals surface area contributed by atoms with Crippen LogP contribution < -0.4 is 5.73 Å². The van der Waals surface area contributed by atoms with E-state index in [1.54, 1.807) is 0 Å². The van der Waals surface area contributed by atoms with Gasteiger partial charge in [0.2, 0.25) is 5.91 Å². The van der Waals surface area contributed by atoms with Crippen molar-refractivity contribution < 1.29 is 9.59 Å². The summed E-state index contributed by atoms with van der Waals surface area (Å²) in [5, 5.41) is 4.81. The van der Waals surface area contributed by atoms with Gasteiger partial charge in [-0.3, -0.25) is 9.59 Å². The molecule has 29 heavy (non-hydrogen) atoms. The summed E-state index contributed by atoms with van der Waals surface area (Å²) in [5.74, 6) is 0.0964. The molecule has 1 aromatic heterocycles. The number of nitrogens with zero attached hydrogens (tertiary/aromatic N) is 3. The van der Waals surface area contributed by atoms with Crippen LogP contribution in [0.3, 0.4) is 0 Å². The maximum Gasteiger partial charge on any atom is 0.274 e. The SMILES string of the molecule is NC(=O)CC[C@H]1CCCN(C(=O)c2nn(-c3cccc(Br)c3)c3c2CCCC3)C1. The first-order valence-corrected chi connectivity index (χ1v) is 11.3. The second kappa shape index (κ2) is 8.69. The third kappa shape index (κ3) is 4.39. The number of rotatable bonds is 5. The zero-order valence-electron chi connectivity index (χ0n) is 16.6. The molecule has 154 valence electrons. The van der Waals surface area contributed by atoms with E-state index in [2.05, 4.69) is 15.9 Å². The summed E-state index contributed by atoms with van der Waals surface area (Å²) in [4.78, 5) is 26.5. The Morgan fingerprint density at radius 3 is 2.83 bits per heavy atom. The number of hydrogen-bond acceptors (Lipinski definition) is 3. The van der Waals surface area contributed by atoms with E-state index in [0.29, 0.717) is 24.6 Å². The van der Waals surface area contributed by atoms with Crippen molar-refractivity contribution in [3.05, 3.63) is 45.7 Å². The molecule has 1 fully saturated rings. The minimum Gasteiger partial charge on any atom is -0.370 e. The number of halogens is 1. The van der Waals surface area contributed by atoms with Crippen LogP contribution in [-0.4, -0.2) is 39.6 Å². The van der Waals surface area contributed by atoms with Gasteiger partial charge >= 0.3 is 0 Å². The number of carbonyl (C=O) groups excluding carboxylic acids is 2. The Hall–Kier alpha value is -2.15. The van der Waals surface area contributed by atoms with E-state index in [-0.39, 0.29) is 11.8 Å². The van der Waals surface area contributed by atoms with Crippen LogP contribution in [-0.2, 0) is 17.6 Å². The van der Waals surface area contributed by atoms with Crippen molar-refractivity contribution in [2.75, 3.05) is 13.1 Å². The summed E-state index contributed by atoms with van der Waals surface area (Å²) in [5.41, 5.74) is 9.17. The number of carbonyl (C=O) groups is 2. The molecule has 2 N–H and O–H groups in total. The quantitative estimate of drug-likeness (QED) is 0.742. The van der Waals surface area contributed by atoms with Crippen molar-refractivity contribution in [2.24, 2.45) is 11.7 Å². The fourth-order valence-electron chi connectivity index (χ4n) is 4.57. The van der Waals surface area contributed by atoms with E-state index in [4.69, 9.17) is 10.8 Å². The molecule has 0 spiro atoms. The van der Waals surface area contributed by atoms with Gasteiger partial charge in [0.05, 0.1) is 5.69 Å². The highest BCUT2D eigenvalue weighted by atomic mass is 79.9. The van der Waals surface area contributed by atoms with E-state index < -0.39 is 0 Å². The molecule has 1 saturated heterocycles. The lowest BCUT2D eigenvalue weighted by Crippen LogP contribution is -2.40. The van der Waals surface area contributed by atoms with Gasteiger partial charge in [0.15, 0.2) is 5.69 Å². The van der Waals surface area contributed by atoms with Crippen molar-refractivity contribution in [3.63, 3.8) is 0 Å². The minimum atomic E-state index is -0.268. The fourth-order valence-corrected chi connectivity index (χ4v) is 4.96. The lowest BCUT2D eigenvalue weighted by Gasteiger charge is -2.32. The Labute approximate surface area is 179 Å². The first kappa shape index (κ1) is 20.1. The molecular weight excluding hydrogens is 432 g/mol. The third-order valence-corrected chi connectivity index (χ3v) is 6.53. The first-order chi connectivity index (χ1) is 14.0. The number of likely N-dealkylation sites (tertiary alicyclic amines) is 1. The molecule has 7 heteroatoms. The van der Waals surface area contributed by atoms with Crippen molar-refractivity contribution in [3.8, 4) is 5.69 Å². The molecule has 2 amide bonds. The summed E-state index contributed by atoms with van der Waals surface area (Å²) in [6.07, 6.45) is 7.22. The van der Waals surface area contributed by atoms with Gasteiger partial charge < -0.3 is 10.6 Å². The Kier molecular flexibility index (Phi) is 6.04. The normalized spacial score (nSPS) is 19.1. The van der Waals surface area contributed by atoms with E-state index >= 15 is 0 Å². The van der Waals surface area contributed by atoms with Crippen LogP contribution >= 0.6 is 15.9 Å². The molecule has 0 radical (unpaired) electrons. The lowest BCUT2D eigenvalue weighted by atomic mass is 9.92. The van der Waals surface area contributed by atoms with Crippen molar-refractivity contribution in [1.29, 1.82) is 0 Å². The minimum absolute atomic E-state index is 0.0284. The molecule has 0 unspecified atom stereocenters. The number of primary amides is 1. The van der Waals surface area contributed by atoms with Gasteiger partial charge in [-0.15, -0.1) is 0 Å². The molecule has 1 aromatic carbocycles. The number of aromatic nitrogens is 2. The Morgan fingerprint density at radius 1 is 1.21 bits per heavy atom. The van der Waals surface area contributed by atoms with Gasteiger partial charge in [-0.25, -0.2) is 4.68 Å². The van der Waals surface area contributed by atoms with Crippen molar-refractivity contribution in [2.45, 2.75) is 51.4 Å². The highest BCUT2D eigenvalue weighted by Crippen LogP contribution is 2.30. The van der Waals surface area contributed by atoms with E-state index in [1.165, 1.54) is 5.69 Å². The van der Waals surface area contributed by atoms with Crippen LogP contribution in [0.5, 0.6) is 0 Å². The summed E-state index contributed by atoms with van der Waals surface area (Å²) in [6.45, 7) is 1.44. The lowest BCUT2D eigenvalue weighted by molar-refractivity contribution is -0.118. The summed E-state index contributed by atoms with van der Waals surface area (Å²) < 4.78 is 2.96. The first-order valence-electron chi connectivity index (χ1n) is 10.5. The summed E-state index contributed by atoms with van der Waals surface area (Å²) in [6, 6.07) is 8.05. The monoisotopic (exact) mass is 458 g/mol. The second-order valence-electron chi connectivity index (χ2n) is 8.14. The molecule has 1 aliphatic carbocycles. The standard InChI is InChI=1S/C22H27BrN4O2/c23-16-6-3-7-17(13-16)27-19-9-2-1-8-18(19)21(25-27)22(29)26-12-4-5-15(14-26)10-11-20(24)28/h3,6-7,13,15H,1-2,4-5,8-12,14H2,(H2,24,28)/t15-/m1/s1. The molecule has 2 aromatic rings. The van der Waals surface area contributed by atoms with Crippen LogP contribution in [0.4, 0.5) is 0 Å². The van der Waals surface area contributed by atoms with Crippen molar-refractivity contribution in [1.82, 2.24) is 14.7 Å². The van der Waals surface area contributed by atoms with E-state index in [1.807, 2.05) is 33.8 Å². The zero-order chi connectivity index (χ0) is 20.4. The topological polar surface area (TPSA) is 81.2 Å². The van der Waals surface area contributed by atoms with Gasteiger partial charge in [-0.05, 0) is 69.1 Å². The average Bonchev–Trinajstić information content (AvgIpc) is 3.12. The smallest absolute Gasteiger partial charge is 0.274 e. The molecule has 0 saturated carbocycles. The number of amides is 2. The average molecular weight is 459 g/mol. The van der Waals surface area contributed by atoms with Crippen LogP contribution in [0.25, 0.3) is 5.69 Å². The maximum atomic E-state index is 13.4. The molecule has 1 aliphatic heterocycles. The number of fused-ring (bicyclic) bond motifs is 1. The van der Waals surface area contributed by atoms with Gasteiger partial charge in [-0.1, -0.05) is 22.0 Å². The largest absolute Gasteiger partial charge is 0.370 e. The highest BCUT2D eigenvalue weighted by Gasteiger charge is 2.31. The van der Waals surface area contributed by atoms with Gasteiger partial charge in [0.1, 0.15) is 0 Å². The molecule has 2 heterocycles. The third-order valence-electron chi connectivity index (χ3n) is 6.04. The molecule has 4 rings (SSSR count). The molecule has 1 atom stereocenters. The van der Waals surface area contributed by atoms with Crippen LogP contribution in [0.1, 0.15) is 60.3 Å². The Balaban J connectivity index is 1.61. The Bertz CT molecular complexity index is 924. The zero-order valence-corrected chi connectivity index (χ0v) is 18.2. The van der Waals surface area contributed by atoms with Gasteiger partial charge in [0.25, 0.3) is 5.91 Å². The van der Waals surface area contributed by atoms with Crippen LogP contribution in [0.2, 0.25) is 0 Å². The highest BCUT2D eigenvalue weighted by molar-refractivity contribution is 9.10. The number of piperidine rings is 1. The molecule has 6 nitrogen and oxygen atoms in total. The number of nitrogens with two attached hydrogens (primary N) is 1. The maximum absolute atomic E-state index is 13.4. The predicted molar refractivity (Wildman–Crippen MR) is 115 cm³/mol. The second-order valence-corrected chi connectivity index (χ2v) is 9.05. The van der Waals surface area contributed by atoms with Crippen LogP contribution in [0, 0.1) is 5.92 Å². The van der Waals surface area contributed by atoms with Crippen molar-refractivity contribution >= 4 is 27.7 Å². The Morgan fingerprint density at radius 2 is 2.03 bits per heavy atom. The molecular formula is C22H27BrN4O2. The molecule has 2 aliphatic rings. The number of benzene rings is 1. The number of hydrogen-bond donors (Lipinski definition) is 1. The molecule has 0 bridgehead atoms.